The summed E-state index contributed by atoms with van der Waals surface area (Å²) in [7, 11) is 0. The van der Waals surface area contributed by atoms with Gasteiger partial charge < -0.3 is 24.9 Å². The molecule has 2 aromatic rings. The molecule has 1 aromatic carbocycles. The average Bonchev–Trinajstić information content (AvgIpc) is 3.40. The minimum atomic E-state index is -0.890. The number of halogens is 2. The fraction of sp³-hybridized carbons (Fsp3) is 0.636. The van der Waals surface area contributed by atoms with Crippen LogP contribution in [0.25, 0.3) is 0 Å². The summed E-state index contributed by atoms with van der Waals surface area (Å²) in [6.45, 7) is 8.68. The number of hydrogen-bond acceptors (Lipinski definition) is 7. The summed E-state index contributed by atoms with van der Waals surface area (Å²) in [5.74, 6) is 0.594. The van der Waals surface area contributed by atoms with Crippen LogP contribution in [0.15, 0.2) is 30.7 Å². The highest BCUT2D eigenvalue weighted by Gasteiger charge is 2.56. The number of amides is 2. The molecule has 1 aromatic heterocycles. The summed E-state index contributed by atoms with van der Waals surface area (Å²) < 4.78 is 29.9. The van der Waals surface area contributed by atoms with E-state index in [1.807, 2.05) is 30.6 Å². The first-order chi connectivity index (χ1) is 21.2. The first-order valence-corrected chi connectivity index (χ1v) is 16.4. The zero-order chi connectivity index (χ0) is 30.7. The summed E-state index contributed by atoms with van der Waals surface area (Å²) in [6.07, 6.45) is 7.32. The van der Waals surface area contributed by atoms with Crippen LogP contribution in [-0.2, 0) is 4.79 Å². The number of likely N-dealkylation sites (tertiary alicyclic amines) is 1. The third kappa shape index (κ3) is 5.10. The van der Waals surface area contributed by atoms with Gasteiger partial charge in [0, 0.05) is 62.7 Å². The van der Waals surface area contributed by atoms with Gasteiger partial charge in [-0.2, -0.15) is 0 Å². The fourth-order valence-corrected chi connectivity index (χ4v) is 8.26. The van der Waals surface area contributed by atoms with E-state index >= 15 is 4.39 Å². The Hall–Kier alpha value is -3.34. The molecule has 4 fully saturated rings. The van der Waals surface area contributed by atoms with Gasteiger partial charge in [0.15, 0.2) is 5.82 Å². The van der Waals surface area contributed by atoms with E-state index in [0.29, 0.717) is 49.9 Å². The maximum absolute atomic E-state index is 15.4. The van der Waals surface area contributed by atoms with Crippen molar-refractivity contribution in [2.45, 2.75) is 83.2 Å². The van der Waals surface area contributed by atoms with Crippen LogP contribution in [0.1, 0.15) is 63.2 Å². The molecule has 11 heteroatoms. The number of alkyl halides is 1. The minimum Gasteiger partial charge on any atom is -0.348 e. The Morgan fingerprint density at radius 2 is 1.95 bits per heavy atom. The number of benzene rings is 1. The van der Waals surface area contributed by atoms with Gasteiger partial charge in [-0.3, -0.25) is 9.59 Å². The van der Waals surface area contributed by atoms with E-state index in [2.05, 4.69) is 20.2 Å². The van der Waals surface area contributed by atoms with Crippen LogP contribution in [-0.4, -0.2) is 94.6 Å². The molecule has 236 valence electrons. The molecule has 2 saturated carbocycles. The molecule has 2 saturated heterocycles. The molecule has 44 heavy (non-hydrogen) atoms. The van der Waals surface area contributed by atoms with Gasteiger partial charge in [-0.25, -0.2) is 18.7 Å². The largest absolute Gasteiger partial charge is 0.348 e. The van der Waals surface area contributed by atoms with E-state index in [9.17, 15) is 14.0 Å². The lowest BCUT2D eigenvalue weighted by atomic mass is 9.88. The van der Waals surface area contributed by atoms with E-state index in [0.717, 1.165) is 30.8 Å². The Morgan fingerprint density at radius 1 is 1.14 bits per heavy atom. The monoisotopic (exact) mass is 607 g/mol. The SMILES string of the molecule is CCN(C(=O)c1cc(F)ccc1N1CCN([C@H]2CCN(C(=O)[C@H]3NC4CC3[C@@H](F)[C@H]4CC3CC3)C2)c2ncncc21)C(C)C. The molecule has 5 aliphatic rings. The standard InChI is InChI=1S/C33H43F2N7O2/c1-4-40(19(2)3)32(43)24-14-21(34)7-8-27(24)42-12-11-41(31-28(42)16-36-18-37-31)22-9-10-39(17-22)33(44)30-25-15-26(38-30)23(29(25)35)13-20-5-6-20/h7-8,14,16,18-20,22-23,25-26,29-30,38H,4-6,9-13,15,17H2,1-3H3/t22-,23-,25?,26?,29-,30-/m0/s1. The van der Waals surface area contributed by atoms with Crippen molar-refractivity contribution in [3.63, 3.8) is 0 Å². The Balaban J connectivity index is 1.08. The Morgan fingerprint density at radius 3 is 2.68 bits per heavy atom. The highest BCUT2D eigenvalue weighted by Crippen LogP contribution is 2.49. The van der Waals surface area contributed by atoms with Crippen LogP contribution in [0, 0.1) is 23.6 Å². The number of nitrogens with zero attached hydrogens (tertiary/aromatic N) is 6. The molecule has 6 atom stereocenters. The lowest BCUT2D eigenvalue weighted by Crippen LogP contribution is -2.55. The van der Waals surface area contributed by atoms with Crippen LogP contribution in [0.3, 0.4) is 0 Å². The van der Waals surface area contributed by atoms with Gasteiger partial charge in [0.1, 0.15) is 24.0 Å². The third-order valence-corrected chi connectivity index (χ3v) is 10.7. The summed E-state index contributed by atoms with van der Waals surface area (Å²) >= 11 is 0. The minimum absolute atomic E-state index is 0.0224. The molecule has 4 heterocycles. The fourth-order valence-electron chi connectivity index (χ4n) is 8.26. The summed E-state index contributed by atoms with van der Waals surface area (Å²) in [5.41, 5.74) is 1.68. The second-order valence-electron chi connectivity index (χ2n) is 13.6. The molecule has 3 aliphatic heterocycles. The molecule has 7 rings (SSSR count). The number of nitrogens with one attached hydrogen (secondary N) is 1. The van der Waals surface area contributed by atoms with Crippen LogP contribution in [0.5, 0.6) is 0 Å². The maximum Gasteiger partial charge on any atom is 0.256 e. The lowest BCUT2D eigenvalue weighted by molar-refractivity contribution is -0.134. The second kappa shape index (κ2) is 11.5. The Labute approximate surface area is 258 Å². The molecular formula is C33H43F2N7O2. The highest BCUT2D eigenvalue weighted by atomic mass is 19.1. The zero-order valence-corrected chi connectivity index (χ0v) is 25.8. The number of anilines is 3. The van der Waals surface area contributed by atoms with E-state index in [-0.39, 0.29) is 41.8 Å². The molecule has 1 N–H and O–H groups in total. The zero-order valence-electron chi connectivity index (χ0n) is 25.8. The Bertz CT molecular complexity index is 1420. The van der Waals surface area contributed by atoms with Gasteiger partial charge in [-0.1, -0.05) is 12.8 Å². The van der Waals surface area contributed by atoms with Crippen molar-refractivity contribution in [1.29, 1.82) is 0 Å². The normalized spacial score (nSPS) is 29.5. The molecule has 9 nitrogen and oxygen atoms in total. The van der Waals surface area contributed by atoms with Crippen LogP contribution in [0.4, 0.5) is 26.0 Å². The summed E-state index contributed by atoms with van der Waals surface area (Å²) in [5, 5.41) is 3.52. The number of piperidine rings is 1. The predicted octanol–water partition coefficient (Wildman–Crippen LogP) is 4.16. The average molecular weight is 608 g/mol. The van der Waals surface area contributed by atoms with E-state index in [1.54, 1.807) is 17.2 Å². The summed E-state index contributed by atoms with van der Waals surface area (Å²) in [6, 6.07) is 4.08. The molecular weight excluding hydrogens is 564 g/mol. The van der Waals surface area contributed by atoms with Gasteiger partial charge >= 0.3 is 0 Å². The first kappa shape index (κ1) is 29.4. The first-order valence-electron chi connectivity index (χ1n) is 16.4. The molecule has 2 bridgehead atoms. The number of fused-ring (bicyclic) bond motifs is 3. The number of hydrogen-bond donors (Lipinski definition) is 1. The van der Waals surface area contributed by atoms with Crippen molar-refractivity contribution < 1.29 is 18.4 Å². The number of carbonyl (C=O) groups is 2. The van der Waals surface area contributed by atoms with Gasteiger partial charge in [0.05, 0.1) is 23.5 Å². The van der Waals surface area contributed by atoms with E-state index in [1.165, 1.54) is 31.3 Å². The van der Waals surface area contributed by atoms with Crippen molar-refractivity contribution in [3.05, 3.63) is 42.1 Å². The van der Waals surface area contributed by atoms with Crippen molar-refractivity contribution in [2.24, 2.45) is 17.8 Å². The van der Waals surface area contributed by atoms with Crippen molar-refractivity contribution in [2.75, 3.05) is 42.5 Å². The third-order valence-electron chi connectivity index (χ3n) is 10.7. The van der Waals surface area contributed by atoms with Crippen LogP contribution >= 0.6 is 0 Å². The maximum atomic E-state index is 15.4. The van der Waals surface area contributed by atoms with Gasteiger partial charge in [-0.05, 0) is 64.2 Å². The van der Waals surface area contributed by atoms with Gasteiger partial charge in [-0.15, -0.1) is 0 Å². The lowest BCUT2D eigenvalue weighted by Gasteiger charge is -2.41. The molecule has 2 amide bonds. The van der Waals surface area contributed by atoms with Crippen molar-refractivity contribution in [1.82, 2.24) is 25.1 Å². The quantitative estimate of drug-likeness (QED) is 0.483. The highest BCUT2D eigenvalue weighted by molar-refractivity contribution is 6.01. The predicted molar refractivity (Wildman–Crippen MR) is 164 cm³/mol. The van der Waals surface area contributed by atoms with Crippen LogP contribution < -0.4 is 15.1 Å². The second-order valence-corrected chi connectivity index (χ2v) is 13.6. The van der Waals surface area contributed by atoms with Gasteiger partial charge in [0.25, 0.3) is 5.91 Å². The smallest absolute Gasteiger partial charge is 0.256 e. The van der Waals surface area contributed by atoms with Gasteiger partial charge in [0.2, 0.25) is 5.91 Å². The van der Waals surface area contributed by atoms with Crippen molar-refractivity contribution >= 4 is 29.0 Å². The van der Waals surface area contributed by atoms with E-state index < -0.39 is 18.0 Å². The topological polar surface area (TPSA) is 84.9 Å². The molecule has 0 radical (unpaired) electrons. The number of rotatable bonds is 8. The number of carbonyl (C=O) groups excluding carboxylic acids is 2. The van der Waals surface area contributed by atoms with Crippen LogP contribution in [0.2, 0.25) is 0 Å². The molecule has 2 unspecified atom stereocenters. The summed E-state index contributed by atoms with van der Waals surface area (Å²) in [4.78, 5) is 44.1. The van der Waals surface area contributed by atoms with Crippen molar-refractivity contribution in [3.8, 4) is 0 Å². The van der Waals surface area contributed by atoms with E-state index in [4.69, 9.17) is 0 Å². The molecule has 0 spiro atoms. The number of aromatic nitrogens is 2. The molecule has 2 aliphatic carbocycles. The Kier molecular flexibility index (Phi) is 7.71.